The number of rotatable bonds is 1. The molecule has 0 radical (unpaired) electrons. The zero-order valence-electron chi connectivity index (χ0n) is 9.62. The molecule has 1 fully saturated rings. The predicted octanol–water partition coefficient (Wildman–Crippen LogP) is 0.836. The van der Waals surface area contributed by atoms with Crippen LogP contribution in [0.25, 0.3) is 11.0 Å². The molecule has 0 aliphatic heterocycles. The van der Waals surface area contributed by atoms with Crippen molar-refractivity contribution >= 4 is 11.0 Å². The predicted molar refractivity (Wildman–Crippen MR) is 63.2 cm³/mol. The second-order valence-corrected chi connectivity index (χ2v) is 4.60. The first kappa shape index (κ1) is 10.3. The van der Waals surface area contributed by atoms with Gasteiger partial charge in [0.15, 0.2) is 0 Å². The molecule has 0 saturated heterocycles. The van der Waals surface area contributed by atoms with Gasteiger partial charge in [0.05, 0.1) is 11.7 Å². The van der Waals surface area contributed by atoms with E-state index in [1.807, 2.05) is 4.68 Å². The molecule has 1 aliphatic carbocycles. The highest BCUT2D eigenvalue weighted by Gasteiger charge is 2.22. The third-order valence-corrected chi connectivity index (χ3v) is 3.44. The van der Waals surface area contributed by atoms with Gasteiger partial charge in [-0.15, -0.1) is 0 Å². The fourth-order valence-corrected chi connectivity index (χ4v) is 2.66. The van der Waals surface area contributed by atoms with E-state index in [0.717, 1.165) is 12.8 Å². The second kappa shape index (κ2) is 3.58. The molecule has 6 heteroatoms. The fraction of sp³-hybridized carbons (Fsp3) is 0.545. The van der Waals surface area contributed by atoms with E-state index >= 15 is 0 Å². The van der Waals surface area contributed by atoms with E-state index in [9.17, 15) is 9.59 Å². The molecule has 0 atom stereocenters. The first-order chi connectivity index (χ1) is 8.16. The van der Waals surface area contributed by atoms with Crippen molar-refractivity contribution in [3.63, 3.8) is 0 Å². The summed E-state index contributed by atoms with van der Waals surface area (Å²) in [6.45, 7) is 1.79. The van der Waals surface area contributed by atoms with E-state index in [4.69, 9.17) is 0 Å². The smallest absolute Gasteiger partial charge is 0.292 e. The van der Waals surface area contributed by atoms with Gasteiger partial charge < -0.3 is 0 Å². The Morgan fingerprint density at radius 2 is 1.94 bits per heavy atom. The van der Waals surface area contributed by atoms with Gasteiger partial charge in [-0.1, -0.05) is 12.8 Å². The zero-order valence-corrected chi connectivity index (χ0v) is 9.62. The van der Waals surface area contributed by atoms with Crippen molar-refractivity contribution in [2.24, 2.45) is 0 Å². The van der Waals surface area contributed by atoms with Crippen LogP contribution in [0.15, 0.2) is 9.59 Å². The van der Waals surface area contributed by atoms with Gasteiger partial charge in [-0.05, 0) is 19.8 Å². The Bertz CT molecular complexity index is 673. The van der Waals surface area contributed by atoms with Crippen LogP contribution in [0.5, 0.6) is 0 Å². The summed E-state index contributed by atoms with van der Waals surface area (Å²) in [7, 11) is 0. The van der Waals surface area contributed by atoms with Crippen molar-refractivity contribution in [3.05, 3.63) is 26.5 Å². The number of hydrogen-bond donors (Lipinski definition) is 2. The molecule has 3 rings (SSSR count). The second-order valence-electron chi connectivity index (χ2n) is 4.60. The molecule has 17 heavy (non-hydrogen) atoms. The van der Waals surface area contributed by atoms with Gasteiger partial charge in [-0.3, -0.25) is 14.8 Å². The van der Waals surface area contributed by atoms with Gasteiger partial charge in [-0.2, -0.15) is 5.10 Å². The summed E-state index contributed by atoms with van der Waals surface area (Å²) in [6, 6.07) is 0.309. The van der Waals surface area contributed by atoms with Gasteiger partial charge in [0.25, 0.3) is 5.56 Å². The van der Waals surface area contributed by atoms with Crippen molar-refractivity contribution in [1.82, 2.24) is 19.7 Å². The van der Waals surface area contributed by atoms with Gasteiger partial charge in [0.1, 0.15) is 11.0 Å². The van der Waals surface area contributed by atoms with Crippen molar-refractivity contribution in [3.8, 4) is 0 Å². The topological polar surface area (TPSA) is 83.5 Å². The van der Waals surface area contributed by atoms with Crippen molar-refractivity contribution in [2.45, 2.75) is 38.6 Å². The molecule has 0 spiro atoms. The zero-order chi connectivity index (χ0) is 12.0. The quantitative estimate of drug-likeness (QED) is 0.766. The molecule has 2 N–H and O–H groups in total. The van der Waals surface area contributed by atoms with Gasteiger partial charge in [0.2, 0.25) is 0 Å². The highest BCUT2D eigenvalue weighted by molar-refractivity contribution is 5.76. The van der Waals surface area contributed by atoms with E-state index in [-0.39, 0.29) is 5.56 Å². The van der Waals surface area contributed by atoms with E-state index in [0.29, 0.717) is 22.8 Å². The number of fused-ring (bicyclic) bond motifs is 1. The van der Waals surface area contributed by atoms with E-state index in [1.54, 1.807) is 6.92 Å². The first-order valence-electron chi connectivity index (χ1n) is 5.88. The van der Waals surface area contributed by atoms with Crippen LogP contribution in [-0.4, -0.2) is 19.7 Å². The summed E-state index contributed by atoms with van der Waals surface area (Å²) < 4.78 is 1.81. The summed E-state index contributed by atoms with van der Waals surface area (Å²) in [5, 5.41) is 4.90. The van der Waals surface area contributed by atoms with Crippen molar-refractivity contribution in [1.29, 1.82) is 0 Å². The molecule has 1 saturated carbocycles. The Hall–Kier alpha value is -1.85. The van der Waals surface area contributed by atoms with Crippen LogP contribution in [0.3, 0.4) is 0 Å². The van der Waals surface area contributed by atoms with Crippen LogP contribution in [-0.2, 0) is 0 Å². The summed E-state index contributed by atoms with van der Waals surface area (Å²) in [6.07, 6.45) is 4.48. The third-order valence-electron chi connectivity index (χ3n) is 3.44. The maximum atomic E-state index is 11.7. The monoisotopic (exact) mass is 234 g/mol. The Morgan fingerprint density at radius 1 is 1.24 bits per heavy atom. The van der Waals surface area contributed by atoms with Gasteiger partial charge in [-0.25, -0.2) is 9.48 Å². The molecule has 0 amide bonds. The highest BCUT2D eigenvalue weighted by atomic mass is 16.2. The van der Waals surface area contributed by atoms with Gasteiger partial charge in [0, 0.05) is 0 Å². The number of aryl methyl sites for hydroxylation is 1. The maximum Gasteiger partial charge on any atom is 0.327 e. The van der Waals surface area contributed by atoms with Crippen LogP contribution in [0.1, 0.15) is 37.4 Å². The van der Waals surface area contributed by atoms with Crippen molar-refractivity contribution in [2.75, 3.05) is 0 Å². The van der Waals surface area contributed by atoms with E-state index < -0.39 is 5.69 Å². The number of nitrogens with one attached hydrogen (secondary N) is 2. The van der Waals surface area contributed by atoms with Crippen molar-refractivity contribution < 1.29 is 0 Å². The minimum Gasteiger partial charge on any atom is -0.292 e. The molecule has 2 heterocycles. The summed E-state index contributed by atoms with van der Waals surface area (Å²) >= 11 is 0. The number of hydrogen-bond acceptors (Lipinski definition) is 3. The Balaban J connectivity index is 2.32. The average molecular weight is 234 g/mol. The SMILES string of the molecule is Cc1nn(C2CCCC2)c2[nH]c(=O)[nH]c(=O)c12. The molecule has 0 bridgehead atoms. The van der Waals surface area contributed by atoms with Crippen LogP contribution in [0.4, 0.5) is 0 Å². The number of aromatic amines is 2. The molecular formula is C11H14N4O2. The molecule has 0 unspecified atom stereocenters. The molecule has 90 valence electrons. The average Bonchev–Trinajstić information content (AvgIpc) is 2.85. The highest BCUT2D eigenvalue weighted by Crippen LogP contribution is 2.30. The molecule has 6 nitrogen and oxygen atoms in total. The minimum atomic E-state index is -0.471. The lowest BCUT2D eigenvalue weighted by Crippen LogP contribution is -2.23. The normalized spacial score (nSPS) is 17.0. The lowest BCUT2D eigenvalue weighted by molar-refractivity contribution is 0.475. The summed E-state index contributed by atoms with van der Waals surface area (Å²) in [5.41, 5.74) is 0.402. The van der Waals surface area contributed by atoms with Crippen LogP contribution in [0.2, 0.25) is 0 Å². The maximum absolute atomic E-state index is 11.7. The first-order valence-corrected chi connectivity index (χ1v) is 5.88. The largest absolute Gasteiger partial charge is 0.327 e. The lowest BCUT2D eigenvalue weighted by atomic mass is 10.2. The van der Waals surface area contributed by atoms with E-state index in [1.165, 1.54) is 12.8 Å². The fourth-order valence-electron chi connectivity index (χ4n) is 2.66. The summed E-state index contributed by atoms with van der Waals surface area (Å²) in [5.74, 6) is 0. The van der Waals surface area contributed by atoms with Crippen LogP contribution < -0.4 is 11.2 Å². The number of aromatic nitrogens is 4. The Labute approximate surface area is 96.7 Å². The molecule has 2 aromatic heterocycles. The minimum absolute atomic E-state index is 0.309. The lowest BCUT2D eigenvalue weighted by Gasteiger charge is -2.10. The third kappa shape index (κ3) is 1.51. The standard InChI is InChI=1S/C11H14N4O2/c1-6-8-9(12-11(17)13-10(8)16)15(14-6)7-4-2-3-5-7/h7H,2-5H2,1H3,(H2,12,13,16,17). The summed E-state index contributed by atoms with van der Waals surface area (Å²) in [4.78, 5) is 28.0. The van der Waals surface area contributed by atoms with Crippen LogP contribution >= 0.6 is 0 Å². The Kier molecular flexibility index (Phi) is 2.17. The molecule has 1 aliphatic rings. The molecule has 2 aromatic rings. The van der Waals surface area contributed by atoms with E-state index in [2.05, 4.69) is 15.1 Å². The van der Waals surface area contributed by atoms with Crippen LogP contribution in [0, 0.1) is 6.92 Å². The number of nitrogens with zero attached hydrogens (tertiary/aromatic N) is 2. The van der Waals surface area contributed by atoms with Gasteiger partial charge >= 0.3 is 5.69 Å². The Morgan fingerprint density at radius 3 is 2.65 bits per heavy atom. The molecular weight excluding hydrogens is 220 g/mol. The number of H-pyrrole nitrogens is 2. The molecule has 0 aromatic carbocycles.